The van der Waals surface area contributed by atoms with E-state index in [1.165, 1.54) is 0 Å². The van der Waals surface area contributed by atoms with Crippen LogP contribution in [0.4, 0.5) is 5.82 Å². The summed E-state index contributed by atoms with van der Waals surface area (Å²) in [6, 6.07) is 0. The zero-order chi connectivity index (χ0) is 12.8. The Morgan fingerprint density at radius 3 is 2.47 bits per heavy atom. The van der Waals surface area contributed by atoms with Gasteiger partial charge in [0, 0.05) is 20.4 Å². The van der Waals surface area contributed by atoms with E-state index in [2.05, 4.69) is 15.0 Å². The van der Waals surface area contributed by atoms with Crippen LogP contribution in [0.5, 0.6) is 0 Å². The highest BCUT2D eigenvalue weighted by Gasteiger charge is 2.18. The summed E-state index contributed by atoms with van der Waals surface area (Å²) in [5.41, 5.74) is -0.300. The third kappa shape index (κ3) is 2.15. The lowest BCUT2D eigenvalue weighted by Crippen LogP contribution is -2.18. The predicted molar refractivity (Wildman–Crippen MR) is 65.5 cm³/mol. The summed E-state index contributed by atoms with van der Waals surface area (Å²) in [5, 5.41) is 0. The molecular weight excluding hydrogens is 264 g/mol. The van der Waals surface area contributed by atoms with Gasteiger partial charge in [0.2, 0.25) is 14.2 Å². The van der Waals surface area contributed by atoms with Gasteiger partial charge < -0.3 is 4.90 Å². The van der Waals surface area contributed by atoms with Crippen molar-refractivity contribution >= 4 is 37.3 Å². The van der Waals surface area contributed by atoms with Crippen molar-refractivity contribution in [1.29, 1.82) is 0 Å². The van der Waals surface area contributed by atoms with Crippen LogP contribution in [0.3, 0.4) is 0 Å². The molecule has 0 bridgehead atoms. The molecule has 7 nitrogen and oxygen atoms in total. The van der Waals surface area contributed by atoms with Crippen LogP contribution in [0.15, 0.2) is 9.13 Å². The molecule has 0 atom stereocenters. The maximum atomic E-state index is 11.4. The van der Waals surface area contributed by atoms with Crippen LogP contribution in [-0.2, 0) is 9.84 Å². The second kappa shape index (κ2) is 3.77. The molecule has 0 aliphatic carbocycles. The van der Waals surface area contributed by atoms with Crippen LogP contribution in [0.25, 0.3) is 10.3 Å². The molecule has 0 saturated carbocycles. The number of H-pyrrole nitrogens is 1. The highest BCUT2D eigenvalue weighted by molar-refractivity contribution is 7.92. The standard InChI is InChI=1S/C8H10N4O3S2/c1-12(2)6-4-5(9-7(13)11-6)10-8(16-4)17(3,14)15/h1-3H3,(H,9,11,13). The molecule has 2 aromatic heterocycles. The highest BCUT2D eigenvalue weighted by Crippen LogP contribution is 2.29. The zero-order valence-corrected chi connectivity index (χ0v) is 11.0. The van der Waals surface area contributed by atoms with E-state index in [0.29, 0.717) is 10.5 Å². The Bertz CT molecular complexity index is 729. The first-order valence-corrected chi connectivity index (χ1v) is 7.28. The summed E-state index contributed by atoms with van der Waals surface area (Å²) in [4.78, 5) is 23.0. The zero-order valence-electron chi connectivity index (χ0n) is 9.38. The monoisotopic (exact) mass is 274 g/mol. The van der Waals surface area contributed by atoms with Crippen LogP contribution in [0.1, 0.15) is 0 Å². The van der Waals surface area contributed by atoms with Gasteiger partial charge in [-0.2, -0.15) is 4.98 Å². The van der Waals surface area contributed by atoms with E-state index in [1.807, 2.05) is 0 Å². The van der Waals surface area contributed by atoms with Crippen molar-refractivity contribution < 1.29 is 8.42 Å². The van der Waals surface area contributed by atoms with Crippen LogP contribution in [0, 0.1) is 0 Å². The Kier molecular flexibility index (Phi) is 2.66. The summed E-state index contributed by atoms with van der Waals surface area (Å²) in [5.74, 6) is 0.413. The molecule has 0 aliphatic rings. The van der Waals surface area contributed by atoms with Crippen molar-refractivity contribution in [3.63, 3.8) is 0 Å². The molecule has 0 unspecified atom stereocenters. The third-order valence-electron chi connectivity index (χ3n) is 1.98. The number of nitrogens with one attached hydrogen (secondary N) is 1. The number of aromatic amines is 1. The van der Waals surface area contributed by atoms with Crippen molar-refractivity contribution in [1.82, 2.24) is 15.0 Å². The topological polar surface area (TPSA) is 96.0 Å². The van der Waals surface area contributed by atoms with Crippen molar-refractivity contribution in [2.45, 2.75) is 4.34 Å². The minimum atomic E-state index is -3.38. The lowest BCUT2D eigenvalue weighted by Gasteiger charge is -2.09. The summed E-state index contributed by atoms with van der Waals surface area (Å²) in [7, 11) is 0.0656. The van der Waals surface area contributed by atoms with Crippen molar-refractivity contribution in [3.05, 3.63) is 10.5 Å². The average Bonchev–Trinajstić information content (AvgIpc) is 2.58. The normalized spacial score (nSPS) is 11.9. The fraction of sp³-hybridized carbons (Fsp3) is 0.375. The Morgan fingerprint density at radius 1 is 1.29 bits per heavy atom. The highest BCUT2D eigenvalue weighted by atomic mass is 32.2. The number of thiazole rings is 1. The van der Waals surface area contributed by atoms with Gasteiger partial charge in [-0.3, -0.25) is 4.98 Å². The molecule has 17 heavy (non-hydrogen) atoms. The minimum absolute atomic E-state index is 0.0285. The van der Waals surface area contributed by atoms with Crippen molar-refractivity contribution in [3.8, 4) is 0 Å². The Morgan fingerprint density at radius 2 is 1.94 bits per heavy atom. The van der Waals surface area contributed by atoms with E-state index < -0.39 is 15.5 Å². The first-order valence-electron chi connectivity index (χ1n) is 4.57. The van der Waals surface area contributed by atoms with Gasteiger partial charge in [-0.15, -0.1) is 0 Å². The fourth-order valence-corrected chi connectivity index (χ4v) is 3.21. The summed E-state index contributed by atoms with van der Waals surface area (Å²) < 4.78 is 23.3. The molecule has 2 heterocycles. The van der Waals surface area contributed by atoms with Gasteiger partial charge in [-0.05, 0) is 0 Å². The maximum Gasteiger partial charge on any atom is 0.348 e. The first kappa shape index (κ1) is 12.0. The van der Waals surface area contributed by atoms with Crippen molar-refractivity contribution in [2.75, 3.05) is 25.3 Å². The number of aromatic nitrogens is 3. The fourth-order valence-electron chi connectivity index (χ4n) is 1.27. The Balaban J connectivity index is 2.86. The average molecular weight is 274 g/mol. The van der Waals surface area contributed by atoms with Gasteiger partial charge in [-0.1, -0.05) is 11.3 Å². The molecule has 0 aliphatic heterocycles. The van der Waals surface area contributed by atoms with E-state index in [0.717, 1.165) is 17.6 Å². The Hall–Kier alpha value is -1.48. The largest absolute Gasteiger partial charge is 0.361 e. The molecule has 0 saturated heterocycles. The Labute approximate surface area is 101 Å². The summed E-state index contributed by atoms with van der Waals surface area (Å²) >= 11 is 0.994. The van der Waals surface area contributed by atoms with Gasteiger partial charge in [0.15, 0.2) is 11.5 Å². The number of fused-ring (bicyclic) bond motifs is 1. The smallest absolute Gasteiger partial charge is 0.348 e. The lowest BCUT2D eigenvalue weighted by molar-refractivity contribution is 0.601. The molecule has 0 radical (unpaired) electrons. The molecule has 9 heteroatoms. The minimum Gasteiger partial charge on any atom is -0.361 e. The number of hydrogen-bond acceptors (Lipinski definition) is 7. The molecule has 2 rings (SSSR count). The molecule has 2 aromatic rings. The second-order valence-corrected chi connectivity index (χ2v) is 6.88. The van der Waals surface area contributed by atoms with Gasteiger partial charge in [0.25, 0.3) is 0 Å². The molecule has 92 valence electrons. The number of hydrogen-bond donors (Lipinski definition) is 1. The van der Waals surface area contributed by atoms with Gasteiger partial charge in [-0.25, -0.2) is 18.2 Å². The van der Waals surface area contributed by atoms with Crippen LogP contribution in [-0.4, -0.2) is 43.7 Å². The van der Waals surface area contributed by atoms with Crippen LogP contribution >= 0.6 is 11.3 Å². The molecular formula is C8H10N4O3S2. The van der Waals surface area contributed by atoms with E-state index in [9.17, 15) is 13.2 Å². The molecule has 0 fully saturated rings. The second-order valence-electron chi connectivity index (χ2n) is 3.69. The molecule has 0 spiro atoms. The van der Waals surface area contributed by atoms with Gasteiger partial charge in [0.1, 0.15) is 4.70 Å². The summed E-state index contributed by atoms with van der Waals surface area (Å²) in [6.07, 6.45) is 1.07. The van der Waals surface area contributed by atoms with E-state index in [1.54, 1.807) is 19.0 Å². The van der Waals surface area contributed by atoms with Crippen LogP contribution < -0.4 is 10.6 Å². The SMILES string of the molecule is CN(C)c1nc(=O)[nH]c2nc(S(C)(=O)=O)sc12. The van der Waals surface area contributed by atoms with Gasteiger partial charge >= 0.3 is 5.69 Å². The number of rotatable bonds is 2. The lowest BCUT2D eigenvalue weighted by atomic mass is 10.5. The van der Waals surface area contributed by atoms with Crippen LogP contribution in [0.2, 0.25) is 0 Å². The van der Waals surface area contributed by atoms with E-state index in [4.69, 9.17) is 0 Å². The van der Waals surface area contributed by atoms with E-state index >= 15 is 0 Å². The summed E-state index contributed by atoms with van der Waals surface area (Å²) in [6.45, 7) is 0. The number of nitrogens with zero attached hydrogens (tertiary/aromatic N) is 3. The maximum absolute atomic E-state index is 11.4. The molecule has 0 amide bonds. The first-order chi connectivity index (χ1) is 7.79. The predicted octanol–water partition coefficient (Wildman–Crippen LogP) is -0.151. The molecule has 1 N–H and O–H groups in total. The quantitative estimate of drug-likeness (QED) is 0.818. The van der Waals surface area contributed by atoms with Crippen molar-refractivity contribution in [2.24, 2.45) is 0 Å². The van der Waals surface area contributed by atoms with Gasteiger partial charge in [0.05, 0.1) is 0 Å². The number of anilines is 1. The molecule has 0 aromatic carbocycles. The number of sulfone groups is 1. The third-order valence-corrected chi connectivity index (χ3v) is 4.71. The van der Waals surface area contributed by atoms with E-state index in [-0.39, 0.29) is 9.99 Å².